The fourth-order valence-corrected chi connectivity index (χ4v) is 2.69. The number of nitrogens with one attached hydrogen (secondary N) is 1. The van der Waals surface area contributed by atoms with Crippen molar-refractivity contribution in [2.75, 3.05) is 5.32 Å². The van der Waals surface area contributed by atoms with Crippen LogP contribution in [0.25, 0.3) is 0 Å². The molecule has 5 heteroatoms. The lowest BCUT2D eigenvalue weighted by atomic mass is 9.96. The van der Waals surface area contributed by atoms with Gasteiger partial charge in [-0.05, 0) is 24.0 Å². The van der Waals surface area contributed by atoms with Crippen molar-refractivity contribution in [1.82, 2.24) is 9.78 Å². The van der Waals surface area contributed by atoms with E-state index in [0.29, 0.717) is 12.2 Å². The summed E-state index contributed by atoms with van der Waals surface area (Å²) >= 11 is 0. The van der Waals surface area contributed by atoms with Crippen molar-refractivity contribution in [2.24, 2.45) is 0 Å². The zero-order valence-corrected chi connectivity index (χ0v) is 11.3. The molecule has 0 radical (unpaired) electrons. The molecule has 1 aliphatic heterocycles. The topological polar surface area (TPSA) is 29.9 Å². The van der Waals surface area contributed by atoms with Crippen LogP contribution in [-0.2, 0) is 6.42 Å². The Morgan fingerprint density at radius 3 is 2.70 bits per heavy atom. The largest absolute Gasteiger partial charge is 0.363 e. The standard InChI is InChI=1S/C15H17F2N3/c1-2-10-3-5-11(6-4-10)12-9-13(15(16)17)20-14(19-12)7-8-18-20/h3-8,12-13,15,19H,2,9H2,1H3. The van der Waals surface area contributed by atoms with Gasteiger partial charge in [0.1, 0.15) is 11.9 Å². The first kappa shape index (κ1) is 13.1. The molecule has 3 nitrogen and oxygen atoms in total. The van der Waals surface area contributed by atoms with Gasteiger partial charge < -0.3 is 5.32 Å². The number of fused-ring (bicyclic) bond motifs is 1. The van der Waals surface area contributed by atoms with Crippen LogP contribution in [0.4, 0.5) is 14.6 Å². The maximum atomic E-state index is 13.2. The van der Waals surface area contributed by atoms with Crippen LogP contribution < -0.4 is 5.32 Å². The molecule has 0 saturated heterocycles. The third-order valence-corrected chi connectivity index (χ3v) is 3.86. The van der Waals surface area contributed by atoms with E-state index in [1.807, 2.05) is 12.1 Å². The number of rotatable bonds is 3. The lowest BCUT2D eigenvalue weighted by molar-refractivity contribution is 0.0658. The molecule has 0 fully saturated rings. The summed E-state index contributed by atoms with van der Waals surface area (Å²) in [6, 6.07) is 8.93. The van der Waals surface area contributed by atoms with Crippen molar-refractivity contribution in [3.63, 3.8) is 0 Å². The van der Waals surface area contributed by atoms with Crippen molar-refractivity contribution in [3.05, 3.63) is 47.7 Å². The number of aryl methyl sites for hydroxylation is 1. The van der Waals surface area contributed by atoms with Gasteiger partial charge in [0.2, 0.25) is 0 Å². The minimum Gasteiger partial charge on any atom is -0.363 e. The van der Waals surface area contributed by atoms with Gasteiger partial charge in [-0.25, -0.2) is 13.5 Å². The maximum absolute atomic E-state index is 13.2. The Morgan fingerprint density at radius 2 is 2.05 bits per heavy atom. The van der Waals surface area contributed by atoms with Gasteiger partial charge in [0.25, 0.3) is 6.43 Å². The van der Waals surface area contributed by atoms with Crippen LogP contribution in [0.15, 0.2) is 36.5 Å². The molecule has 0 amide bonds. The monoisotopic (exact) mass is 277 g/mol. The van der Waals surface area contributed by atoms with Gasteiger partial charge in [-0.2, -0.15) is 5.10 Å². The Labute approximate surface area is 116 Å². The van der Waals surface area contributed by atoms with Crippen LogP contribution >= 0.6 is 0 Å². The molecular formula is C15H17F2N3. The Balaban J connectivity index is 1.88. The van der Waals surface area contributed by atoms with Crippen LogP contribution in [0.2, 0.25) is 0 Å². The average Bonchev–Trinajstić information content (AvgIpc) is 2.94. The highest BCUT2D eigenvalue weighted by Gasteiger charge is 2.33. The first-order valence-electron chi connectivity index (χ1n) is 6.86. The number of aromatic nitrogens is 2. The Hall–Kier alpha value is -1.91. The van der Waals surface area contributed by atoms with Crippen LogP contribution in [-0.4, -0.2) is 16.2 Å². The molecule has 2 unspecified atom stereocenters. The smallest absolute Gasteiger partial charge is 0.260 e. The van der Waals surface area contributed by atoms with Gasteiger partial charge in [-0.15, -0.1) is 0 Å². The quantitative estimate of drug-likeness (QED) is 0.924. The predicted octanol–water partition coefficient (Wildman–Crippen LogP) is 3.81. The van der Waals surface area contributed by atoms with Crippen molar-refractivity contribution >= 4 is 5.82 Å². The first-order chi connectivity index (χ1) is 9.69. The summed E-state index contributed by atoms with van der Waals surface area (Å²) in [4.78, 5) is 0. The van der Waals surface area contributed by atoms with Gasteiger partial charge in [0.05, 0.1) is 12.2 Å². The summed E-state index contributed by atoms with van der Waals surface area (Å²) in [6.07, 6.45) is 0.469. The van der Waals surface area contributed by atoms with Crippen molar-refractivity contribution < 1.29 is 8.78 Å². The highest BCUT2D eigenvalue weighted by atomic mass is 19.3. The molecule has 3 rings (SSSR count). The molecule has 1 aromatic heterocycles. The van der Waals surface area contributed by atoms with Crippen LogP contribution in [0.5, 0.6) is 0 Å². The van der Waals surface area contributed by atoms with Gasteiger partial charge in [0, 0.05) is 6.07 Å². The number of alkyl halides is 2. The van der Waals surface area contributed by atoms with Crippen molar-refractivity contribution in [3.8, 4) is 0 Å². The Morgan fingerprint density at radius 1 is 1.30 bits per heavy atom. The van der Waals surface area contributed by atoms with E-state index in [9.17, 15) is 8.78 Å². The van der Waals surface area contributed by atoms with E-state index in [1.54, 1.807) is 12.3 Å². The Bertz CT molecular complexity index is 577. The third-order valence-electron chi connectivity index (χ3n) is 3.86. The van der Waals surface area contributed by atoms with Crippen LogP contribution in [0, 0.1) is 0 Å². The van der Waals surface area contributed by atoms with E-state index in [0.717, 1.165) is 12.0 Å². The molecule has 2 aromatic rings. The minimum absolute atomic E-state index is 0.0934. The summed E-state index contributed by atoms with van der Waals surface area (Å²) in [7, 11) is 0. The number of anilines is 1. The third kappa shape index (κ3) is 2.28. The molecule has 2 heterocycles. The van der Waals surface area contributed by atoms with Gasteiger partial charge >= 0.3 is 0 Å². The van der Waals surface area contributed by atoms with E-state index >= 15 is 0 Å². The molecule has 1 N–H and O–H groups in total. The number of nitrogens with zero attached hydrogens (tertiary/aromatic N) is 2. The molecule has 1 aromatic carbocycles. The summed E-state index contributed by atoms with van der Waals surface area (Å²) in [5.74, 6) is 0.658. The SMILES string of the molecule is CCc1ccc(C2CC(C(F)F)n3nccc3N2)cc1. The van der Waals surface area contributed by atoms with Crippen molar-refractivity contribution in [1.29, 1.82) is 0 Å². The number of hydrogen-bond acceptors (Lipinski definition) is 2. The molecule has 20 heavy (non-hydrogen) atoms. The summed E-state index contributed by atoms with van der Waals surface area (Å²) < 4.78 is 27.8. The Kier molecular flexibility index (Phi) is 3.42. The summed E-state index contributed by atoms with van der Waals surface area (Å²) in [5, 5.41) is 7.27. The van der Waals surface area contributed by atoms with Gasteiger partial charge in [0.15, 0.2) is 0 Å². The van der Waals surface area contributed by atoms with Gasteiger partial charge in [-0.1, -0.05) is 31.2 Å². The van der Waals surface area contributed by atoms with Crippen molar-refractivity contribution in [2.45, 2.75) is 38.3 Å². The van der Waals surface area contributed by atoms with Crippen LogP contribution in [0.1, 0.15) is 36.6 Å². The number of halogens is 2. The second-order valence-corrected chi connectivity index (χ2v) is 5.09. The fourth-order valence-electron chi connectivity index (χ4n) is 2.69. The highest BCUT2D eigenvalue weighted by molar-refractivity contribution is 5.41. The summed E-state index contributed by atoms with van der Waals surface area (Å²) in [6.45, 7) is 2.10. The zero-order valence-electron chi connectivity index (χ0n) is 11.3. The maximum Gasteiger partial charge on any atom is 0.260 e. The van der Waals surface area contributed by atoms with E-state index in [-0.39, 0.29) is 6.04 Å². The lowest BCUT2D eigenvalue weighted by Gasteiger charge is -2.32. The molecular weight excluding hydrogens is 260 g/mol. The average molecular weight is 277 g/mol. The highest BCUT2D eigenvalue weighted by Crippen LogP contribution is 2.37. The molecule has 2 atom stereocenters. The van der Waals surface area contributed by atoms with E-state index in [2.05, 4.69) is 29.5 Å². The molecule has 0 saturated carbocycles. The van der Waals surface area contributed by atoms with Crippen LogP contribution in [0.3, 0.4) is 0 Å². The zero-order chi connectivity index (χ0) is 14.1. The molecule has 106 valence electrons. The molecule has 0 aliphatic carbocycles. The van der Waals surface area contributed by atoms with E-state index in [4.69, 9.17) is 0 Å². The lowest BCUT2D eigenvalue weighted by Crippen LogP contribution is -2.30. The molecule has 0 bridgehead atoms. The molecule has 0 spiro atoms. The van der Waals surface area contributed by atoms with E-state index < -0.39 is 12.5 Å². The van der Waals surface area contributed by atoms with E-state index in [1.165, 1.54) is 10.2 Å². The predicted molar refractivity (Wildman–Crippen MR) is 74.1 cm³/mol. The van der Waals surface area contributed by atoms with Gasteiger partial charge in [-0.3, -0.25) is 0 Å². The minimum atomic E-state index is -2.41. The second kappa shape index (κ2) is 5.23. The summed E-state index contributed by atoms with van der Waals surface area (Å²) in [5.41, 5.74) is 2.29. The molecule has 1 aliphatic rings. The number of hydrogen-bond donors (Lipinski definition) is 1. The first-order valence-corrected chi connectivity index (χ1v) is 6.86. The fraction of sp³-hybridized carbons (Fsp3) is 0.400. The number of benzene rings is 1. The normalized spacial score (nSPS) is 21.6. The second-order valence-electron chi connectivity index (χ2n) is 5.09.